The van der Waals surface area contributed by atoms with Gasteiger partial charge >= 0.3 is 0 Å². The molecule has 1 N–H and O–H groups in total. The Hall–Kier alpha value is -1.22. The molecule has 1 fully saturated rings. The predicted octanol–water partition coefficient (Wildman–Crippen LogP) is 4.36. The summed E-state index contributed by atoms with van der Waals surface area (Å²) in [6.07, 6.45) is 6.64. The molecule has 0 amide bonds. The molecule has 21 heavy (non-hydrogen) atoms. The van der Waals surface area contributed by atoms with Crippen LogP contribution in [0.2, 0.25) is 0 Å². The van der Waals surface area contributed by atoms with Crippen molar-refractivity contribution in [3.05, 3.63) is 23.8 Å². The lowest BCUT2D eigenvalue weighted by Gasteiger charge is -2.38. The van der Waals surface area contributed by atoms with E-state index >= 15 is 0 Å². The van der Waals surface area contributed by atoms with Crippen LogP contribution in [0.25, 0.3) is 0 Å². The number of hydrogen-bond donors (Lipinski definition) is 1. The fourth-order valence-corrected chi connectivity index (χ4v) is 3.47. The number of nitrogens with zero attached hydrogens (tertiary/aromatic N) is 1. The highest BCUT2D eigenvalue weighted by Crippen LogP contribution is 2.35. The molecule has 0 bridgehead atoms. The van der Waals surface area contributed by atoms with Gasteiger partial charge in [-0.05, 0) is 63.3 Å². The number of benzene rings is 1. The first-order valence-electron chi connectivity index (χ1n) is 8.15. The molecular weight excluding hydrogens is 262 g/mol. The minimum Gasteiger partial charge on any atom is -0.504 e. The van der Waals surface area contributed by atoms with E-state index in [-0.39, 0.29) is 5.75 Å². The molecule has 1 aromatic rings. The zero-order chi connectivity index (χ0) is 15.4. The maximum atomic E-state index is 9.72. The number of phenols is 1. The van der Waals surface area contributed by atoms with Crippen LogP contribution in [0.5, 0.6) is 11.5 Å². The van der Waals surface area contributed by atoms with E-state index in [0.717, 1.165) is 5.92 Å². The van der Waals surface area contributed by atoms with Crippen molar-refractivity contribution in [3.63, 3.8) is 0 Å². The molecule has 1 atom stereocenters. The summed E-state index contributed by atoms with van der Waals surface area (Å²) in [5.74, 6) is 1.70. The van der Waals surface area contributed by atoms with Crippen LogP contribution in [0.4, 0.5) is 0 Å². The fraction of sp³-hybridized carbons (Fsp3) is 0.667. The minimum absolute atomic E-state index is 0.208. The standard InChI is InChI=1S/C18H29NO2/c1-5-14-6-9-16(10-7-14)19(3)13(2)15-8-11-17(20)18(12-15)21-4/h8,11-14,16,20H,5-7,9-10H2,1-4H3. The second-order valence-corrected chi connectivity index (χ2v) is 6.36. The topological polar surface area (TPSA) is 32.7 Å². The van der Waals surface area contributed by atoms with Gasteiger partial charge in [-0.1, -0.05) is 19.4 Å². The van der Waals surface area contributed by atoms with E-state index in [1.165, 1.54) is 37.7 Å². The molecule has 3 nitrogen and oxygen atoms in total. The Labute approximate surface area is 128 Å². The van der Waals surface area contributed by atoms with Gasteiger partial charge in [0.25, 0.3) is 0 Å². The summed E-state index contributed by atoms with van der Waals surface area (Å²) in [5, 5.41) is 9.72. The number of phenolic OH excluding ortho intramolecular Hbond substituents is 1. The summed E-state index contributed by atoms with van der Waals surface area (Å²) in [5.41, 5.74) is 1.20. The second kappa shape index (κ2) is 7.17. The van der Waals surface area contributed by atoms with Crippen LogP contribution in [0.3, 0.4) is 0 Å². The summed E-state index contributed by atoms with van der Waals surface area (Å²) in [6.45, 7) is 4.54. The molecule has 0 spiro atoms. The molecule has 0 saturated heterocycles. The summed E-state index contributed by atoms with van der Waals surface area (Å²) in [4.78, 5) is 2.48. The monoisotopic (exact) mass is 291 g/mol. The highest BCUT2D eigenvalue weighted by atomic mass is 16.5. The molecule has 0 radical (unpaired) electrons. The average molecular weight is 291 g/mol. The Bertz CT molecular complexity index is 453. The third kappa shape index (κ3) is 3.70. The quantitative estimate of drug-likeness (QED) is 0.874. The Morgan fingerprint density at radius 2 is 1.95 bits per heavy atom. The van der Waals surface area contributed by atoms with Gasteiger partial charge in [0.1, 0.15) is 0 Å². The number of methoxy groups -OCH3 is 1. The van der Waals surface area contributed by atoms with Gasteiger partial charge in [-0.15, -0.1) is 0 Å². The van der Waals surface area contributed by atoms with Crippen molar-refractivity contribution in [2.45, 2.75) is 58.0 Å². The molecule has 0 aromatic heterocycles. The molecule has 1 unspecified atom stereocenters. The minimum atomic E-state index is 0.208. The Balaban J connectivity index is 2.03. The van der Waals surface area contributed by atoms with Gasteiger partial charge in [0, 0.05) is 12.1 Å². The SMILES string of the molecule is CCC1CCC(N(C)C(C)c2ccc(O)c(OC)c2)CC1. The Morgan fingerprint density at radius 1 is 1.29 bits per heavy atom. The Kier molecular flexibility index (Phi) is 5.51. The van der Waals surface area contributed by atoms with Crippen LogP contribution in [0.1, 0.15) is 57.6 Å². The van der Waals surface area contributed by atoms with Crippen molar-refractivity contribution < 1.29 is 9.84 Å². The van der Waals surface area contributed by atoms with Gasteiger partial charge in [-0.2, -0.15) is 0 Å². The summed E-state index contributed by atoms with van der Waals surface area (Å²) >= 11 is 0. The van der Waals surface area contributed by atoms with Crippen LogP contribution in [-0.4, -0.2) is 30.2 Å². The maximum absolute atomic E-state index is 9.72. The van der Waals surface area contributed by atoms with Crippen LogP contribution in [0, 0.1) is 5.92 Å². The van der Waals surface area contributed by atoms with Crippen LogP contribution < -0.4 is 4.74 Å². The van der Waals surface area contributed by atoms with E-state index in [9.17, 15) is 5.11 Å². The highest BCUT2D eigenvalue weighted by molar-refractivity contribution is 5.42. The highest BCUT2D eigenvalue weighted by Gasteiger charge is 2.26. The van der Waals surface area contributed by atoms with Gasteiger partial charge in [-0.25, -0.2) is 0 Å². The van der Waals surface area contributed by atoms with E-state index in [1.807, 2.05) is 12.1 Å². The Morgan fingerprint density at radius 3 is 2.52 bits per heavy atom. The van der Waals surface area contributed by atoms with Crippen molar-refractivity contribution in [2.75, 3.05) is 14.2 Å². The first-order valence-corrected chi connectivity index (χ1v) is 8.15. The lowest BCUT2D eigenvalue weighted by Crippen LogP contribution is -2.36. The van der Waals surface area contributed by atoms with E-state index < -0.39 is 0 Å². The summed E-state index contributed by atoms with van der Waals surface area (Å²) in [6, 6.07) is 6.68. The number of aromatic hydroxyl groups is 1. The maximum Gasteiger partial charge on any atom is 0.160 e. The van der Waals surface area contributed by atoms with E-state index in [1.54, 1.807) is 13.2 Å². The van der Waals surface area contributed by atoms with Gasteiger partial charge in [-0.3, -0.25) is 4.90 Å². The molecule has 1 aliphatic carbocycles. The van der Waals surface area contributed by atoms with Gasteiger partial charge in [0.05, 0.1) is 7.11 Å². The van der Waals surface area contributed by atoms with Crippen molar-refractivity contribution in [3.8, 4) is 11.5 Å². The van der Waals surface area contributed by atoms with Crippen molar-refractivity contribution in [1.82, 2.24) is 4.90 Å². The smallest absolute Gasteiger partial charge is 0.160 e. The van der Waals surface area contributed by atoms with Crippen molar-refractivity contribution in [1.29, 1.82) is 0 Å². The lowest BCUT2D eigenvalue weighted by atomic mass is 9.83. The average Bonchev–Trinajstić information content (AvgIpc) is 2.54. The first kappa shape index (κ1) is 16.2. The first-order chi connectivity index (χ1) is 10.1. The van der Waals surface area contributed by atoms with Crippen LogP contribution >= 0.6 is 0 Å². The molecule has 3 heteroatoms. The normalized spacial score (nSPS) is 24.0. The molecular formula is C18H29NO2. The number of rotatable bonds is 5. The molecule has 1 aliphatic rings. The van der Waals surface area contributed by atoms with Crippen LogP contribution in [0.15, 0.2) is 18.2 Å². The number of hydrogen-bond acceptors (Lipinski definition) is 3. The second-order valence-electron chi connectivity index (χ2n) is 6.36. The van der Waals surface area contributed by atoms with Gasteiger partial charge < -0.3 is 9.84 Å². The number of ether oxygens (including phenoxy) is 1. The molecule has 2 rings (SSSR count). The van der Waals surface area contributed by atoms with E-state index in [0.29, 0.717) is 17.8 Å². The van der Waals surface area contributed by atoms with Gasteiger partial charge in [0.2, 0.25) is 0 Å². The molecule has 0 aliphatic heterocycles. The third-order valence-corrected chi connectivity index (χ3v) is 5.27. The van der Waals surface area contributed by atoms with Crippen LogP contribution in [-0.2, 0) is 0 Å². The zero-order valence-electron chi connectivity index (χ0n) is 13.8. The third-order valence-electron chi connectivity index (χ3n) is 5.27. The van der Waals surface area contributed by atoms with E-state index in [2.05, 4.69) is 25.8 Å². The molecule has 1 saturated carbocycles. The summed E-state index contributed by atoms with van der Waals surface area (Å²) in [7, 11) is 3.82. The van der Waals surface area contributed by atoms with Crippen molar-refractivity contribution >= 4 is 0 Å². The fourth-order valence-electron chi connectivity index (χ4n) is 3.47. The van der Waals surface area contributed by atoms with Gasteiger partial charge in [0.15, 0.2) is 11.5 Å². The molecule has 1 aromatic carbocycles. The lowest BCUT2D eigenvalue weighted by molar-refractivity contribution is 0.126. The predicted molar refractivity (Wildman–Crippen MR) is 86.9 cm³/mol. The summed E-state index contributed by atoms with van der Waals surface area (Å²) < 4.78 is 5.22. The van der Waals surface area contributed by atoms with Crippen molar-refractivity contribution in [2.24, 2.45) is 5.92 Å². The zero-order valence-corrected chi connectivity index (χ0v) is 13.8. The molecule has 118 valence electrons. The largest absolute Gasteiger partial charge is 0.504 e. The molecule has 0 heterocycles. The van der Waals surface area contributed by atoms with E-state index in [4.69, 9.17) is 4.74 Å².